The van der Waals surface area contributed by atoms with Crippen molar-refractivity contribution in [2.75, 3.05) is 13.2 Å². The quantitative estimate of drug-likeness (QED) is 0.0442. The minimum absolute atomic E-state index is 0. The maximum Gasteiger partial charge on any atom is 0.339 e. The molecule has 2 aromatic carbocycles. The van der Waals surface area contributed by atoms with Crippen LogP contribution in [0.1, 0.15) is 62.3 Å². The van der Waals surface area contributed by atoms with E-state index < -0.39 is 45.4 Å². The number of benzene rings is 2. The lowest BCUT2D eigenvalue weighted by atomic mass is 10.0. The second kappa shape index (κ2) is 24.1. The summed E-state index contributed by atoms with van der Waals surface area (Å²) in [5, 5.41) is 22.8. The molecule has 4 N–H and O–H groups in total. The van der Waals surface area contributed by atoms with Gasteiger partial charge in [-0.1, -0.05) is 39.3 Å². The van der Waals surface area contributed by atoms with Gasteiger partial charge < -0.3 is 34.8 Å². The maximum atomic E-state index is 14.4. The van der Waals surface area contributed by atoms with Crippen LogP contribution in [0.2, 0.25) is 51.4 Å². The summed E-state index contributed by atoms with van der Waals surface area (Å²) >= 11 is 0. The van der Waals surface area contributed by atoms with Gasteiger partial charge in [0.25, 0.3) is 5.91 Å². The molecule has 0 unspecified atom stereocenters. The van der Waals surface area contributed by atoms with Crippen molar-refractivity contribution >= 4 is 84.6 Å². The number of ether oxygens (including phenoxy) is 2. The van der Waals surface area contributed by atoms with Crippen LogP contribution in [0.5, 0.6) is 0 Å². The summed E-state index contributed by atoms with van der Waals surface area (Å²) in [6, 6.07) is 9.74. The molecule has 8 rings (SSSR count). The van der Waals surface area contributed by atoms with Crippen molar-refractivity contribution in [1.29, 1.82) is 0 Å². The minimum atomic E-state index is -1.60. The van der Waals surface area contributed by atoms with Gasteiger partial charge in [-0.2, -0.15) is 10.2 Å². The Kier molecular flexibility index (Phi) is 19.2. The highest BCUT2D eigenvalue weighted by Crippen LogP contribution is 2.31. The molecule has 6 heterocycles. The van der Waals surface area contributed by atoms with Crippen LogP contribution in [0.4, 0.5) is 17.6 Å². The van der Waals surface area contributed by atoms with Gasteiger partial charge >= 0.3 is 5.97 Å². The van der Waals surface area contributed by atoms with Gasteiger partial charge in [-0.15, -0.1) is 12.4 Å². The summed E-state index contributed by atoms with van der Waals surface area (Å²) in [5.41, 5.74) is 7.33. The molecule has 412 valence electrons. The standard InChI is InChI=1S/C26H34F2N6O2Si.C21H24FN5O3Si.C5H12FN.ClH/c1-16(26(2,3)28)30-25(35)19-14-34(15-36-10-11-37(5,6)7)24-23(19)31-20(13-29-24)22-18-9-8-17(27)12-21(18)33(4)32-22;1-26-17-9-13(22)5-6-14(17)18(25-26)16-10-23-20-19(24-16)15(21(28)29)11-27(20)12-30-7-8-31(2,3)4;1-4(7)5(2,3)6;/h8-9,12-14,16H,10-11,15H2,1-7H3,(H,30,35);5-6,9-11H,7-8,12H2,1-4H3,(H,28,29);4H,7H2,1-3H3;1H/t16-;;4-;/m1.1./s1. The van der Waals surface area contributed by atoms with E-state index in [1.54, 1.807) is 77.2 Å². The van der Waals surface area contributed by atoms with E-state index >= 15 is 0 Å². The molecule has 17 nitrogen and oxygen atoms in total. The van der Waals surface area contributed by atoms with E-state index in [2.05, 4.69) is 69.7 Å². The van der Waals surface area contributed by atoms with Gasteiger partial charge in [-0.05, 0) is 90.0 Å². The molecule has 0 radical (unpaired) electrons. The maximum absolute atomic E-state index is 14.4. The lowest BCUT2D eigenvalue weighted by Gasteiger charge is -2.23. The normalized spacial score (nSPS) is 13.0. The zero-order valence-electron chi connectivity index (χ0n) is 45.7. The minimum Gasteiger partial charge on any atom is -0.478 e. The first kappa shape index (κ1) is 60.7. The number of carbonyl (C=O) groups is 2. The number of aromatic nitrogens is 10. The summed E-state index contributed by atoms with van der Waals surface area (Å²) in [5.74, 6) is -2.27. The smallest absolute Gasteiger partial charge is 0.339 e. The summed E-state index contributed by atoms with van der Waals surface area (Å²) in [7, 11) is 0.962. The van der Waals surface area contributed by atoms with Crippen molar-refractivity contribution < 1.29 is 41.7 Å². The number of aromatic carboxylic acids is 1. The molecule has 0 aliphatic heterocycles. The molecule has 24 heteroatoms. The average molecular weight is 1110 g/mol. The lowest BCUT2D eigenvalue weighted by molar-refractivity contribution is 0.0695. The SMILES string of the molecule is C[C@@H](N)C(C)(C)F.C[C@@H](NC(=O)c1cn(COCC[Si](C)(C)C)c2ncc(-c3nn(C)c4cc(F)ccc34)nc12)C(C)(C)F.Cl.Cn1nc(-c2cnc3c(n2)c(C(=O)O)cn3COCC[Si](C)(C)C)c2ccc(F)cc21. The number of hydrogen-bond donors (Lipinski definition) is 3. The Labute approximate surface area is 448 Å². The number of hydrogen-bond acceptors (Lipinski definition) is 11. The van der Waals surface area contributed by atoms with Crippen LogP contribution in [-0.2, 0) is 37.0 Å². The zero-order chi connectivity index (χ0) is 55.5. The van der Waals surface area contributed by atoms with Crippen LogP contribution in [0.15, 0.2) is 61.2 Å². The molecule has 0 saturated carbocycles. The number of halogens is 5. The van der Waals surface area contributed by atoms with Gasteiger partial charge in [0.2, 0.25) is 0 Å². The molecular formula is C52H71ClF4N12O5Si2. The third-order valence-electron chi connectivity index (χ3n) is 12.6. The van der Waals surface area contributed by atoms with Gasteiger partial charge in [-0.25, -0.2) is 42.3 Å². The van der Waals surface area contributed by atoms with Gasteiger partial charge in [0.15, 0.2) is 11.3 Å². The number of amides is 1. The average Bonchev–Trinajstić information content (AvgIpc) is 4.05. The Bertz CT molecular complexity index is 3330. The Morgan fingerprint density at radius 3 is 1.47 bits per heavy atom. The molecule has 8 aromatic rings. The Morgan fingerprint density at radius 2 is 1.11 bits per heavy atom. The predicted octanol–water partition coefficient (Wildman–Crippen LogP) is 10.9. The van der Waals surface area contributed by atoms with Crippen molar-refractivity contribution in [2.45, 2.75) is 130 Å². The first-order chi connectivity index (χ1) is 34.8. The number of fused-ring (bicyclic) bond motifs is 4. The molecule has 0 saturated heterocycles. The summed E-state index contributed by atoms with van der Waals surface area (Å²) in [4.78, 5) is 43.4. The number of nitrogens with one attached hydrogen (secondary N) is 1. The summed E-state index contributed by atoms with van der Waals surface area (Å²) in [6.45, 7) is 24.3. The van der Waals surface area contributed by atoms with E-state index in [0.29, 0.717) is 74.6 Å². The Morgan fingerprint density at radius 1 is 0.711 bits per heavy atom. The molecule has 0 aliphatic rings. The number of carboxylic acids is 1. The Hall–Kier alpha value is -6.12. The van der Waals surface area contributed by atoms with Crippen molar-refractivity contribution in [3.8, 4) is 22.8 Å². The largest absolute Gasteiger partial charge is 0.478 e. The first-order valence-electron chi connectivity index (χ1n) is 24.6. The molecule has 0 spiro atoms. The van der Waals surface area contributed by atoms with Gasteiger partial charge in [0.05, 0.1) is 35.0 Å². The van der Waals surface area contributed by atoms with E-state index in [1.165, 1.54) is 58.2 Å². The number of nitrogens with zero attached hydrogens (tertiary/aromatic N) is 10. The number of carboxylic acid groups (broad SMARTS) is 1. The lowest BCUT2D eigenvalue weighted by Crippen LogP contribution is -2.44. The zero-order valence-corrected chi connectivity index (χ0v) is 48.5. The fraction of sp³-hybridized carbons (Fsp3) is 0.462. The summed E-state index contributed by atoms with van der Waals surface area (Å²) < 4.78 is 72.5. The molecule has 1 amide bonds. The van der Waals surface area contributed by atoms with Crippen LogP contribution < -0.4 is 11.1 Å². The molecule has 0 fully saturated rings. The van der Waals surface area contributed by atoms with E-state index in [1.807, 2.05) is 0 Å². The van der Waals surface area contributed by atoms with E-state index in [0.717, 1.165) is 12.1 Å². The third-order valence-corrected chi connectivity index (χ3v) is 16.0. The van der Waals surface area contributed by atoms with Crippen LogP contribution in [0, 0.1) is 11.6 Å². The van der Waals surface area contributed by atoms with Crippen molar-refractivity contribution in [1.82, 2.24) is 53.9 Å². The van der Waals surface area contributed by atoms with E-state index in [9.17, 15) is 32.3 Å². The molecule has 76 heavy (non-hydrogen) atoms. The monoisotopic (exact) mass is 1110 g/mol. The molecule has 0 bridgehead atoms. The molecule has 0 aliphatic carbocycles. The second-order valence-corrected chi connectivity index (χ2v) is 33.5. The summed E-state index contributed by atoms with van der Waals surface area (Å²) in [6.07, 6.45) is 6.28. The fourth-order valence-corrected chi connectivity index (χ4v) is 8.73. The van der Waals surface area contributed by atoms with E-state index in [4.69, 9.17) is 20.2 Å². The Balaban J connectivity index is 0.000000249. The first-order valence-corrected chi connectivity index (χ1v) is 32.0. The predicted molar refractivity (Wildman–Crippen MR) is 298 cm³/mol. The fourth-order valence-electron chi connectivity index (χ4n) is 7.22. The molecular weight excluding hydrogens is 1040 g/mol. The van der Waals surface area contributed by atoms with Gasteiger partial charge in [0, 0.05) is 72.7 Å². The van der Waals surface area contributed by atoms with Gasteiger partial charge in [-0.3, -0.25) is 14.2 Å². The number of carbonyl (C=O) groups excluding carboxylic acids is 1. The highest BCUT2D eigenvalue weighted by Gasteiger charge is 2.29. The number of aryl methyl sites for hydroxylation is 2. The third kappa shape index (κ3) is 15.1. The highest BCUT2D eigenvalue weighted by atomic mass is 35.5. The molecule has 6 aromatic heterocycles. The number of nitrogens with two attached hydrogens (primary N) is 1. The number of rotatable bonds is 17. The highest BCUT2D eigenvalue weighted by molar-refractivity contribution is 6.76. The van der Waals surface area contributed by atoms with Crippen LogP contribution in [0.3, 0.4) is 0 Å². The van der Waals surface area contributed by atoms with Crippen LogP contribution >= 0.6 is 12.4 Å². The van der Waals surface area contributed by atoms with Gasteiger partial charge in [0.1, 0.15) is 75.8 Å². The van der Waals surface area contributed by atoms with Crippen LogP contribution in [0.25, 0.3) is 66.9 Å². The molecule has 2 atom stereocenters. The topological polar surface area (TPSA) is 208 Å². The van der Waals surface area contributed by atoms with E-state index in [-0.39, 0.29) is 60.2 Å². The van der Waals surface area contributed by atoms with Crippen molar-refractivity contribution in [2.24, 2.45) is 19.8 Å². The van der Waals surface area contributed by atoms with Crippen molar-refractivity contribution in [3.05, 3.63) is 83.9 Å². The van der Waals surface area contributed by atoms with Crippen LogP contribution in [-0.4, -0.2) is 118 Å². The van der Waals surface area contributed by atoms with Crippen molar-refractivity contribution in [3.63, 3.8) is 0 Å². The number of alkyl halides is 2. The second-order valence-electron chi connectivity index (χ2n) is 22.3.